The lowest BCUT2D eigenvalue weighted by Gasteiger charge is -2.33. The quantitative estimate of drug-likeness (QED) is 0.832. The Hall–Kier alpha value is -1.66. The van der Waals surface area contributed by atoms with Gasteiger partial charge in [0, 0.05) is 25.3 Å². The highest BCUT2D eigenvalue weighted by Gasteiger charge is 2.40. The van der Waals surface area contributed by atoms with Crippen molar-refractivity contribution >= 4 is 29.2 Å². The molecule has 4 unspecified atom stereocenters. The topological polar surface area (TPSA) is 74.3 Å². The maximum atomic E-state index is 13.0. The molecule has 1 aliphatic carbocycles. The number of piperidine rings is 1. The van der Waals surface area contributed by atoms with E-state index in [2.05, 4.69) is 15.6 Å². The number of halogens is 1. The van der Waals surface area contributed by atoms with Gasteiger partial charge >= 0.3 is 0 Å². The van der Waals surface area contributed by atoms with Crippen LogP contribution < -0.4 is 10.6 Å². The highest BCUT2D eigenvalue weighted by molar-refractivity contribution is 6.30. The fourth-order valence-corrected chi connectivity index (χ4v) is 4.91. The molecule has 1 aromatic rings. The summed E-state index contributed by atoms with van der Waals surface area (Å²) in [7, 11) is 0. The normalized spacial score (nSPS) is 30.6. The maximum absolute atomic E-state index is 13.0. The lowest BCUT2D eigenvalue weighted by molar-refractivity contribution is -0.136. The number of hydrogen-bond acceptors (Lipinski definition) is 4. The van der Waals surface area contributed by atoms with Gasteiger partial charge in [-0.15, -0.1) is 0 Å². The molecule has 7 heteroatoms. The number of aromatic nitrogens is 1. The number of carbonyl (C=O) groups is 2. The van der Waals surface area contributed by atoms with Crippen LogP contribution in [-0.2, 0) is 9.59 Å². The fourth-order valence-electron chi connectivity index (χ4n) is 4.80. The molecule has 3 heterocycles. The molecule has 3 fully saturated rings. The van der Waals surface area contributed by atoms with Gasteiger partial charge in [0.05, 0.1) is 17.0 Å². The summed E-state index contributed by atoms with van der Waals surface area (Å²) < 4.78 is 0. The van der Waals surface area contributed by atoms with Gasteiger partial charge in [0.1, 0.15) is 5.82 Å². The molecule has 2 aliphatic heterocycles. The summed E-state index contributed by atoms with van der Waals surface area (Å²) in [4.78, 5) is 31.6. The van der Waals surface area contributed by atoms with E-state index >= 15 is 0 Å². The highest BCUT2D eigenvalue weighted by atomic mass is 35.5. The zero-order valence-electron chi connectivity index (χ0n) is 15.5. The Bertz CT molecular complexity index is 682. The van der Waals surface area contributed by atoms with Gasteiger partial charge in [0.2, 0.25) is 11.8 Å². The summed E-state index contributed by atoms with van der Waals surface area (Å²) in [6.45, 7) is 1.24. The second-order valence-corrected chi connectivity index (χ2v) is 8.52. The zero-order valence-corrected chi connectivity index (χ0v) is 16.3. The Labute approximate surface area is 165 Å². The largest absolute Gasteiger partial charge is 0.341 e. The minimum Gasteiger partial charge on any atom is -0.341 e. The van der Waals surface area contributed by atoms with Gasteiger partial charge in [0.25, 0.3) is 0 Å². The van der Waals surface area contributed by atoms with E-state index in [-0.39, 0.29) is 23.8 Å². The van der Waals surface area contributed by atoms with Gasteiger partial charge in [-0.25, -0.2) is 4.98 Å². The zero-order chi connectivity index (χ0) is 18.8. The van der Waals surface area contributed by atoms with Crippen molar-refractivity contribution in [1.29, 1.82) is 0 Å². The average molecular weight is 391 g/mol. The second kappa shape index (κ2) is 8.15. The van der Waals surface area contributed by atoms with Gasteiger partial charge < -0.3 is 15.5 Å². The number of hydrogen-bond donors (Lipinski definition) is 2. The molecule has 1 aromatic heterocycles. The number of carbonyl (C=O) groups excluding carboxylic acids is 2. The number of pyridine rings is 1. The van der Waals surface area contributed by atoms with Crippen LogP contribution in [0, 0.1) is 11.8 Å². The summed E-state index contributed by atoms with van der Waals surface area (Å²) in [5, 5.41) is 6.95. The van der Waals surface area contributed by atoms with E-state index in [1.807, 2.05) is 4.90 Å². The maximum Gasteiger partial charge on any atom is 0.239 e. The van der Waals surface area contributed by atoms with Crippen molar-refractivity contribution in [3.63, 3.8) is 0 Å². The number of amides is 2. The van der Waals surface area contributed by atoms with E-state index in [1.54, 1.807) is 12.1 Å². The first-order chi connectivity index (χ1) is 13.1. The molecule has 3 aliphatic rings. The first kappa shape index (κ1) is 18.7. The highest BCUT2D eigenvalue weighted by Crippen LogP contribution is 2.34. The molecule has 2 amide bonds. The Balaban J connectivity index is 1.34. The standard InChI is InChI=1S/C20H27ClN4O2/c21-15-7-8-18(22-11-15)24-19(26)14-5-3-9-25(12-14)20(27)17-10-13-4-1-2-6-16(13)23-17/h7-8,11,13-14,16-17,23H,1-6,9-10,12H2,(H,22,24,26). The second-order valence-electron chi connectivity index (χ2n) is 8.08. The van der Waals surface area contributed by atoms with E-state index in [9.17, 15) is 9.59 Å². The molecule has 1 saturated carbocycles. The molecule has 0 bridgehead atoms. The van der Waals surface area contributed by atoms with Crippen LogP contribution in [0.1, 0.15) is 44.9 Å². The minimum absolute atomic E-state index is 0.0714. The van der Waals surface area contributed by atoms with Crippen LogP contribution in [0.4, 0.5) is 5.82 Å². The molecule has 6 nitrogen and oxygen atoms in total. The summed E-state index contributed by atoms with van der Waals surface area (Å²) in [6, 6.07) is 3.83. The first-order valence-corrected chi connectivity index (χ1v) is 10.4. The Morgan fingerprint density at radius 1 is 1.19 bits per heavy atom. The van der Waals surface area contributed by atoms with Crippen molar-refractivity contribution in [3.05, 3.63) is 23.4 Å². The molecule has 2 N–H and O–H groups in total. The average Bonchev–Trinajstić information content (AvgIpc) is 3.13. The van der Waals surface area contributed by atoms with Gasteiger partial charge in [0.15, 0.2) is 0 Å². The molecular weight excluding hydrogens is 364 g/mol. The number of nitrogens with zero attached hydrogens (tertiary/aromatic N) is 2. The molecule has 0 radical (unpaired) electrons. The Kier molecular flexibility index (Phi) is 5.64. The molecule has 4 rings (SSSR count). The van der Waals surface area contributed by atoms with Crippen molar-refractivity contribution in [1.82, 2.24) is 15.2 Å². The number of rotatable bonds is 3. The molecule has 4 atom stereocenters. The summed E-state index contributed by atoms with van der Waals surface area (Å²) in [5.41, 5.74) is 0. The molecule has 27 heavy (non-hydrogen) atoms. The van der Waals surface area contributed by atoms with Gasteiger partial charge in [-0.05, 0) is 50.2 Å². The van der Waals surface area contributed by atoms with Crippen LogP contribution in [-0.4, -0.2) is 46.9 Å². The van der Waals surface area contributed by atoms with E-state index in [1.165, 1.54) is 31.9 Å². The van der Waals surface area contributed by atoms with E-state index in [0.29, 0.717) is 29.3 Å². The Morgan fingerprint density at radius 2 is 2.04 bits per heavy atom. The van der Waals surface area contributed by atoms with E-state index < -0.39 is 0 Å². The van der Waals surface area contributed by atoms with E-state index in [0.717, 1.165) is 25.8 Å². The van der Waals surface area contributed by atoms with Crippen LogP contribution in [0.5, 0.6) is 0 Å². The predicted octanol–water partition coefficient (Wildman–Crippen LogP) is 2.83. The van der Waals surface area contributed by atoms with Crippen LogP contribution in [0.3, 0.4) is 0 Å². The third-order valence-corrected chi connectivity index (χ3v) is 6.47. The van der Waals surface area contributed by atoms with Crippen molar-refractivity contribution in [3.8, 4) is 0 Å². The molecule has 0 spiro atoms. The monoisotopic (exact) mass is 390 g/mol. The van der Waals surface area contributed by atoms with Crippen LogP contribution in [0.2, 0.25) is 5.02 Å². The number of nitrogens with one attached hydrogen (secondary N) is 2. The van der Waals surface area contributed by atoms with Crippen molar-refractivity contribution in [2.24, 2.45) is 11.8 Å². The van der Waals surface area contributed by atoms with Crippen molar-refractivity contribution in [2.75, 3.05) is 18.4 Å². The molecule has 146 valence electrons. The van der Waals surface area contributed by atoms with Gasteiger partial charge in [-0.1, -0.05) is 24.4 Å². The number of fused-ring (bicyclic) bond motifs is 1. The first-order valence-electron chi connectivity index (χ1n) is 10.1. The fraction of sp³-hybridized carbons (Fsp3) is 0.650. The lowest BCUT2D eigenvalue weighted by atomic mass is 9.85. The summed E-state index contributed by atoms with van der Waals surface area (Å²) in [6.07, 6.45) is 9.09. The van der Waals surface area contributed by atoms with Gasteiger partial charge in [-0.3, -0.25) is 9.59 Å². The van der Waals surface area contributed by atoms with Gasteiger partial charge in [-0.2, -0.15) is 0 Å². The van der Waals surface area contributed by atoms with Crippen LogP contribution >= 0.6 is 11.6 Å². The number of likely N-dealkylation sites (tertiary alicyclic amines) is 1. The Morgan fingerprint density at radius 3 is 2.81 bits per heavy atom. The minimum atomic E-state index is -0.191. The lowest BCUT2D eigenvalue weighted by Crippen LogP contribution is -2.50. The predicted molar refractivity (Wildman–Crippen MR) is 104 cm³/mol. The van der Waals surface area contributed by atoms with Crippen molar-refractivity contribution in [2.45, 2.75) is 57.0 Å². The third kappa shape index (κ3) is 4.27. The van der Waals surface area contributed by atoms with Crippen molar-refractivity contribution < 1.29 is 9.59 Å². The van der Waals surface area contributed by atoms with Crippen LogP contribution in [0.15, 0.2) is 18.3 Å². The molecule has 2 saturated heterocycles. The summed E-state index contributed by atoms with van der Waals surface area (Å²) in [5.74, 6) is 1.05. The molecule has 0 aromatic carbocycles. The van der Waals surface area contributed by atoms with E-state index in [4.69, 9.17) is 11.6 Å². The summed E-state index contributed by atoms with van der Waals surface area (Å²) >= 11 is 5.83. The third-order valence-electron chi connectivity index (χ3n) is 6.24. The SMILES string of the molecule is O=C(Nc1ccc(Cl)cn1)C1CCCN(C(=O)C2CC3CCCCC3N2)C1. The van der Waals surface area contributed by atoms with Crippen LogP contribution in [0.25, 0.3) is 0 Å². The number of anilines is 1. The smallest absolute Gasteiger partial charge is 0.239 e. The molecular formula is C20H27ClN4O2.